The Balaban J connectivity index is 2.03. The molecule has 2 fully saturated rings. The Morgan fingerprint density at radius 1 is 1.47 bits per heavy atom. The predicted octanol–water partition coefficient (Wildman–Crippen LogP) is 0.125. The van der Waals surface area contributed by atoms with Gasteiger partial charge < -0.3 is 20.5 Å². The van der Waals surface area contributed by atoms with Gasteiger partial charge in [-0.1, -0.05) is 19.8 Å². The van der Waals surface area contributed by atoms with Crippen molar-refractivity contribution in [3.63, 3.8) is 0 Å². The lowest BCUT2D eigenvalue weighted by atomic mass is 9.76. The van der Waals surface area contributed by atoms with Gasteiger partial charge in [0.15, 0.2) is 0 Å². The molecule has 1 aliphatic carbocycles. The highest BCUT2D eigenvalue weighted by atomic mass is 16.5. The van der Waals surface area contributed by atoms with E-state index in [0.29, 0.717) is 38.5 Å². The Labute approximate surface area is 112 Å². The van der Waals surface area contributed by atoms with Crippen LogP contribution in [0.15, 0.2) is 0 Å². The lowest BCUT2D eigenvalue weighted by Gasteiger charge is -2.38. The van der Waals surface area contributed by atoms with Crippen molar-refractivity contribution < 1.29 is 19.4 Å². The van der Waals surface area contributed by atoms with Crippen molar-refractivity contribution in [2.24, 2.45) is 5.92 Å². The second-order valence-corrected chi connectivity index (χ2v) is 5.66. The van der Waals surface area contributed by atoms with Gasteiger partial charge >= 0.3 is 5.97 Å². The fraction of sp³-hybridized carbons (Fsp3) is 0.846. The molecule has 0 radical (unpaired) electrons. The molecule has 1 aliphatic heterocycles. The molecule has 0 bridgehead atoms. The lowest BCUT2D eigenvalue weighted by Crippen LogP contribution is -2.62. The average molecular weight is 270 g/mol. The maximum Gasteiger partial charge on any atom is 0.329 e. The minimum absolute atomic E-state index is 0.267. The van der Waals surface area contributed by atoms with Crippen molar-refractivity contribution in [3.8, 4) is 0 Å². The Kier molecular flexibility index (Phi) is 4.42. The van der Waals surface area contributed by atoms with Crippen LogP contribution in [0.1, 0.15) is 32.6 Å². The van der Waals surface area contributed by atoms with Gasteiger partial charge in [-0.05, 0) is 18.8 Å². The highest BCUT2D eigenvalue weighted by Gasteiger charge is 2.44. The molecule has 19 heavy (non-hydrogen) atoms. The number of hydrogen-bond acceptors (Lipinski definition) is 4. The minimum Gasteiger partial charge on any atom is -0.480 e. The van der Waals surface area contributed by atoms with Gasteiger partial charge in [-0.15, -0.1) is 0 Å². The van der Waals surface area contributed by atoms with E-state index in [9.17, 15) is 14.7 Å². The van der Waals surface area contributed by atoms with E-state index >= 15 is 0 Å². The largest absolute Gasteiger partial charge is 0.480 e. The molecule has 1 amide bonds. The monoisotopic (exact) mass is 270 g/mol. The molecule has 3 atom stereocenters. The van der Waals surface area contributed by atoms with Crippen molar-refractivity contribution >= 4 is 11.9 Å². The van der Waals surface area contributed by atoms with Gasteiger partial charge in [-0.25, -0.2) is 4.79 Å². The summed E-state index contributed by atoms with van der Waals surface area (Å²) >= 11 is 0. The number of carbonyl (C=O) groups is 2. The summed E-state index contributed by atoms with van der Waals surface area (Å²) in [5, 5.41) is 15.3. The molecule has 2 aliphatic rings. The Hall–Kier alpha value is -1.14. The maximum atomic E-state index is 12.2. The molecule has 108 valence electrons. The van der Waals surface area contributed by atoms with Gasteiger partial charge in [0.25, 0.3) is 0 Å². The van der Waals surface area contributed by atoms with Gasteiger partial charge in [0.1, 0.15) is 11.6 Å². The fourth-order valence-electron chi connectivity index (χ4n) is 2.97. The third-order valence-corrected chi connectivity index (χ3v) is 4.01. The summed E-state index contributed by atoms with van der Waals surface area (Å²) in [6.07, 6.45) is 2.87. The van der Waals surface area contributed by atoms with E-state index in [-0.39, 0.29) is 5.91 Å². The van der Waals surface area contributed by atoms with E-state index in [1.807, 2.05) is 6.92 Å². The molecule has 0 spiro atoms. The molecule has 3 N–H and O–H groups in total. The van der Waals surface area contributed by atoms with Gasteiger partial charge in [-0.2, -0.15) is 0 Å². The first-order valence-electron chi connectivity index (χ1n) is 6.90. The molecule has 1 saturated heterocycles. The highest BCUT2D eigenvalue weighted by molar-refractivity contribution is 5.89. The van der Waals surface area contributed by atoms with E-state index in [1.54, 1.807) is 0 Å². The quantitative estimate of drug-likeness (QED) is 0.678. The molecule has 0 aromatic heterocycles. The van der Waals surface area contributed by atoms with Crippen LogP contribution in [0.5, 0.6) is 0 Å². The van der Waals surface area contributed by atoms with Crippen molar-refractivity contribution in [1.82, 2.24) is 10.6 Å². The fourth-order valence-corrected chi connectivity index (χ4v) is 2.97. The topological polar surface area (TPSA) is 87.7 Å². The number of carbonyl (C=O) groups excluding carboxylic acids is 1. The first-order valence-corrected chi connectivity index (χ1v) is 6.90. The van der Waals surface area contributed by atoms with Crippen molar-refractivity contribution in [1.29, 1.82) is 0 Å². The zero-order valence-electron chi connectivity index (χ0n) is 11.3. The van der Waals surface area contributed by atoms with Crippen LogP contribution >= 0.6 is 0 Å². The lowest BCUT2D eigenvalue weighted by molar-refractivity contribution is -0.150. The van der Waals surface area contributed by atoms with Gasteiger partial charge in [-0.3, -0.25) is 4.79 Å². The molecule has 6 heteroatoms. The number of carboxylic acid groups (broad SMARTS) is 1. The van der Waals surface area contributed by atoms with E-state index in [1.165, 1.54) is 0 Å². The second-order valence-electron chi connectivity index (χ2n) is 5.66. The standard InChI is InChI=1S/C13H22N2O4/c1-9-3-2-4-13(7-9,12(17)18)15-11(16)10-8-19-6-5-14-10/h9-10,14H,2-8H2,1H3,(H,15,16)(H,17,18). The van der Waals surface area contributed by atoms with Crippen molar-refractivity contribution in [3.05, 3.63) is 0 Å². The molecule has 1 saturated carbocycles. The Morgan fingerprint density at radius 3 is 2.84 bits per heavy atom. The van der Waals surface area contributed by atoms with Crippen LogP contribution in [0.4, 0.5) is 0 Å². The van der Waals surface area contributed by atoms with Crippen LogP contribution in [-0.2, 0) is 14.3 Å². The minimum atomic E-state index is -1.10. The molecule has 6 nitrogen and oxygen atoms in total. The molecule has 1 heterocycles. The predicted molar refractivity (Wildman–Crippen MR) is 68.8 cm³/mol. The van der Waals surface area contributed by atoms with Gasteiger partial charge in [0, 0.05) is 6.54 Å². The van der Waals surface area contributed by atoms with Crippen molar-refractivity contribution in [2.75, 3.05) is 19.8 Å². The maximum absolute atomic E-state index is 12.2. The Bertz CT molecular complexity index is 355. The summed E-state index contributed by atoms with van der Waals surface area (Å²) in [7, 11) is 0. The third kappa shape index (κ3) is 3.25. The van der Waals surface area contributed by atoms with E-state index in [0.717, 1.165) is 12.8 Å². The van der Waals surface area contributed by atoms with E-state index < -0.39 is 17.6 Å². The first-order chi connectivity index (χ1) is 9.03. The van der Waals surface area contributed by atoms with Crippen LogP contribution in [0, 0.1) is 5.92 Å². The molecular weight excluding hydrogens is 248 g/mol. The molecular formula is C13H22N2O4. The highest BCUT2D eigenvalue weighted by Crippen LogP contribution is 2.32. The molecule has 3 unspecified atom stereocenters. The zero-order valence-corrected chi connectivity index (χ0v) is 11.3. The van der Waals surface area contributed by atoms with Crippen LogP contribution < -0.4 is 10.6 Å². The third-order valence-electron chi connectivity index (χ3n) is 4.01. The van der Waals surface area contributed by atoms with Gasteiger partial charge in [0.2, 0.25) is 5.91 Å². The summed E-state index contributed by atoms with van der Waals surface area (Å²) in [4.78, 5) is 23.7. The summed E-state index contributed by atoms with van der Waals surface area (Å²) in [6, 6.07) is -0.442. The molecule has 0 aromatic rings. The van der Waals surface area contributed by atoms with Crippen LogP contribution in [0.25, 0.3) is 0 Å². The number of rotatable bonds is 3. The second kappa shape index (κ2) is 5.88. The normalized spacial score (nSPS) is 35.6. The van der Waals surface area contributed by atoms with Crippen molar-refractivity contribution in [2.45, 2.75) is 44.2 Å². The zero-order chi connectivity index (χ0) is 13.9. The van der Waals surface area contributed by atoms with E-state index in [4.69, 9.17) is 4.74 Å². The van der Waals surface area contributed by atoms with Crippen LogP contribution in [0.3, 0.4) is 0 Å². The first kappa shape index (κ1) is 14.3. The summed E-state index contributed by atoms with van der Waals surface area (Å²) in [6.45, 7) is 3.54. The molecule has 2 rings (SSSR count). The van der Waals surface area contributed by atoms with Gasteiger partial charge in [0.05, 0.1) is 13.2 Å². The summed E-state index contributed by atoms with van der Waals surface area (Å²) < 4.78 is 5.24. The van der Waals surface area contributed by atoms with Crippen LogP contribution in [-0.4, -0.2) is 48.3 Å². The van der Waals surface area contributed by atoms with E-state index in [2.05, 4.69) is 10.6 Å². The number of amides is 1. The summed E-state index contributed by atoms with van der Waals surface area (Å²) in [5.41, 5.74) is -1.10. The van der Waals surface area contributed by atoms with Crippen LogP contribution in [0.2, 0.25) is 0 Å². The Morgan fingerprint density at radius 2 is 2.26 bits per heavy atom. The SMILES string of the molecule is CC1CCCC(NC(=O)C2COCCN2)(C(=O)O)C1. The number of ether oxygens (including phenoxy) is 1. The number of carboxylic acids is 1. The number of nitrogens with one attached hydrogen (secondary N) is 2. The number of morpholine rings is 1. The smallest absolute Gasteiger partial charge is 0.329 e. The average Bonchev–Trinajstić information content (AvgIpc) is 2.39. The number of aliphatic carboxylic acids is 1. The summed E-state index contributed by atoms with van der Waals surface area (Å²) in [5.74, 6) is -0.874. The molecule has 0 aromatic carbocycles. The number of hydrogen-bond donors (Lipinski definition) is 3.